The van der Waals surface area contributed by atoms with Crippen molar-refractivity contribution < 1.29 is 53.9 Å². The van der Waals surface area contributed by atoms with E-state index >= 15 is 0 Å². The summed E-state index contributed by atoms with van der Waals surface area (Å²) in [6, 6.07) is 32.6. The second-order valence-electron chi connectivity index (χ2n) is 18.4. The largest absolute Gasteiger partial charge is 0.212 e. The first-order valence-corrected chi connectivity index (χ1v) is 23.6. The van der Waals surface area contributed by atoms with Gasteiger partial charge in [0.05, 0.1) is 0 Å². The van der Waals surface area contributed by atoms with Gasteiger partial charge >= 0.3 is 0 Å². The maximum Gasteiger partial charge on any atom is 0.212 e. The van der Waals surface area contributed by atoms with Gasteiger partial charge in [0.25, 0.3) is 0 Å². The molecule has 0 spiro atoms. The van der Waals surface area contributed by atoms with Gasteiger partial charge in [-0.1, -0.05) is 113 Å². The molecule has 0 saturated heterocycles. The second kappa shape index (κ2) is 25.2. The Morgan fingerprint density at radius 2 is 0.764 bits per heavy atom. The Kier molecular flexibility index (Phi) is 10.5. The standard InChI is InChI=1S/C19H26N.C17H22N.2C16H20N/c1-13(2)16-7-9-18(15(5)11-16)19-10-8-17(14(3)4)12-20(19)6;1-12(2)15-7-9-17(18(5)11-15)16-8-6-13(3)10-14(16)4;1-11-6-7-15(13(3)8-11)16-9-12(2)14(4)10-17(16)5;1-5-14-7-9-16(17(4)11-14)15-8-6-12(2)10-13(15)3/h7-14H,1-6H3;6-12H,1-5H3;6-10H,1-5H3;6-11H,5H2,1-4H3/q4*+1/i1D3,3D3,13D,14D;1D3,3D3,12D;1D3,4D3;2D3,5D2. The summed E-state index contributed by atoms with van der Waals surface area (Å²) < 4.78 is 206. The number of aryl methyl sites for hydroxylation is 14. The van der Waals surface area contributed by atoms with Crippen LogP contribution in [0.1, 0.15) is 174 Å². The molecular weight excluding hydrogens is 873 g/mol. The van der Waals surface area contributed by atoms with E-state index in [1.807, 2.05) is 57.5 Å². The van der Waals surface area contributed by atoms with Gasteiger partial charge in [-0.25, -0.2) is 18.3 Å². The lowest BCUT2D eigenvalue weighted by Gasteiger charge is -2.11. The van der Waals surface area contributed by atoms with Crippen molar-refractivity contribution in [2.45, 2.75) is 134 Å². The molecule has 4 heterocycles. The third-order valence-corrected chi connectivity index (χ3v) is 12.5. The molecule has 3 unspecified atom stereocenters. The van der Waals surface area contributed by atoms with Crippen LogP contribution in [0.15, 0.2) is 140 Å². The predicted octanol–water partition coefficient (Wildman–Crippen LogP) is 15.4. The van der Waals surface area contributed by atoms with E-state index in [9.17, 15) is 0 Å². The Bertz CT molecular complexity index is 4040. The summed E-state index contributed by atoms with van der Waals surface area (Å²) in [4.78, 5) is 0. The molecule has 72 heavy (non-hydrogen) atoms. The molecule has 0 amide bonds. The van der Waals surface area contributed by atoms with Crippen LogP contribution in [0.5, 0.6) is 0 Å². The molecule has 8 aromatic rings. The Morgan fingerprint density at radius 3 is 1.14 bits per heavy atom. The van der Waals surface area contributed by atoms with E-state index in [-0.39, 0.29) is 5.56 Å². The van der Waals surface area contributed by atoms with E-state index in [2.05, 4.69) is 0 Å². The summed E-state index contributed by atoms with van der Waals surface area (Å²) in [7, 11) is 7.22. The van der Waals surface area contributed by atoms with Crippen LogP contribution in [0.2, 0.25) is 0 Å². The van der Waals surface area contributed by atoms with Gasteiger partial charge in [0.15, 0.2) is 24.8 Å². The smallest absolute Gasteiger partial charge is 0.201 e. The molecule has 4 aromatic heterocycles. The first kappa shape index (κ1) is 29.9. The summed E-state index contributed by atoms with van der Waals surface area (Å²) in [5.74, 6) is -5.15. The van der Waals surface area contributed by atoms with Crippen molar-refractivity contribution in [3.8, 4) is 45.0 Å². The van der Waals surface area contributed by atoms with Gasteiger partial charge in [0, 0.05) is 104 Å². The van der Waals surface area contributed by atoms with E-state index in [4.69, 9.17) is 35.6 Å². The molecule has 8 rings (SSSR count). The molecular formula is C68H88N4+4. The van der Waals surface area contributed by atoms with Crippen LogP contribution in [-0.2, 0) is 34.6 Å². The van der Waals surface area contributed by atoms with Crippen molar-refractivity contribution in [2.75, 3.05) is 0 Å². The van der Waals surface area contributed by atoms with E-state index in [0.29, 0.717) is 44.5 Å². The highest BCUT2D eigenvalue weighted by Crippen LogP contribution is 2.28. The van der Waals surface area contributed by atoms with Gasteiger partial charge in [0.1, 0.15) is 28.2 Å². The number of hydrogen-bond donors (Lipinski definition) is 0. The molecule has 4 nitrogen and oxygen atoms in total. The monoisotopic (exact) mass is 987 g/mol. The summed E-state index contributed by atoms with van der Waals surface area (Å²) in [5, 5.41) is 0. The SMILES string of the molecule is [2H]C([2H])([2H])C([2H])(C)c1ccc(-c2ccc(C([2H])(C)C([2H])([2H])[2H])c[n+]2C)c(C)c1.[2H]C([2H])([2H])c1ccc(-c2cc(C)c(C([2H])([2H])[2H])c[n+]2C)c(C)c1.[2H]C([2H])([2H])c1ccc(-c2ccc(C([2H])(C)C([2H])([2H])[2H])c[n+]2C)c(C)c1.[2H]C([2H])([2H])c1ccc(-c2ccc(C([2H])([2H])C)c[n+]2C)c(C)c1. The first-order chi connectivity index (χ1) is 44.2. The number of pyridine rings is 4. The number of hydrogen-bond acceptors (Lipinski definition) is 0. The minimum atomic E-state index is -2.45. The minimum Gasteiger partial charge on any atom is -0.201 e. The quantitative estimate of drug-likeness (QED) is 0.135. The van der Waals surface area contributed by atoms with E-state index in [1.54, 1.807) is 164 Å². The maximum atomic E-state index is 8.25. The highest BCUT2D eigenvalue weighted by molar-refractivity contribution is 5.64. The number of aromatic nitrogens is 4. The zero-order chi connectivity index (χ0) is 75.2. The van der Waals surface area contributed by atoms with Gasteiger partial charge in [-0.2, -0.15) is 0 Å². The van der Waals surface area contributed by atoms with Crippen LogP contribution in [0.3, 0.4) is 0 Å². The number of rotatable bonds is 8. The van der Waals surface area contributed by atoms with E-state index < -0.39 is 72.0 Å². The molecule has 4 aromatic carbocycles. The van der Waals surface area contributed by atoms with Crippen LogP contribution in [-0.4, -0.2) is 0 Å². The lowest BCUT2D eigenvalue weighted by molar-refractivity contribution is -0.661. The highest BCUT2D eigenvalue weighted by Gasteiger charge is 2.18. The fourth-order valence-corrected chi connectivity index (χ4v) is 8.31. The summed E-state index contributed by atoms with van der Waals surface area (Å²) in [6.45, 7) is -0.993. The molecule has 0 radical (unpaired) electrons. The summed E-state index contributed by atoms with van der Waals surface area (Å²) in [5.41, 5.74) is 14.0. The molecule has 0 bridgehead atoms. The molecule has 0 N–H and O–H groups in total. The molecule has 376 valence electrons. The Morgan fingerprint density at radius 1 is 0.389 bits per heavy atom. The molecule has 0 aliphatic carbocycles. The minimum absolute atomic E-state index is 0.286. The molecule has 0 aliphatic heterocycles. The summed E-state index contributed by atoms with van der Waals surface area (Å²) >= 11 is 0. The number of benzene rings is 4. The van der Waals surface area contributed by atoms with Crippen LogP contribution < -0.4 is 18.3 Å². The second-order valence-corrected chi connectivity index (χ2v) is 18.4. The average Bonchev–Trinajstić information content (AvgIpc) is 0.779. The first-order valence-electron chi connectivity index (χ1n) is 36.6. The Balaban J connectivity index is 0.000000237. The fraction of sp³-hybridized carbons (Fsp3) is 0.353. The topological polar surface area (TPSA) is 15.5 Å². The molecule has 4 heteroatoms. The zero-order valence-corrected chi connectivity index (χ0v) is 44.1. The third kappa shape index (κ3) is 14.6. The van der Waals surface area contributed by atoms with Crippen molar-refractivity contribution in [1.29, 1.82) is 0 Å². The van der Waals surface area contributed by atoms with E-state index in [0.717, 1.165) is 67.3 Å². The lowest BCUT2D eigenvalue weighted by atomic mass is 9.95. The lowest BCUT2D eigenvalue weighted by Crippen LogP contribution is -2.31. The Labute approximate surface area is 473 Å². The maximum absolute atomic E-state index is 8.25. The van der Waals surface area contributed by atoms with Crippen molar-refractivity contribution in [3.63, 3.8) is 0 Å². The molecule has 0 saturated carbocycles. The third-order valence-electron chi connectivity index (χ3n) is 12.5. The normalized spacial score (nSPS) is 20.1. The van der Waals surface area contributed by atoms with Gasteiger partial charge in [-0.05, 0) is 162 Å². The molecule has 3 atom stereocenters. The number of nitrogens with zero attached hydrogens (tertiary/aromatic N) is 4. The zero-order valence-electron chi connectivity index (χ0n) is 70.1. The van der Waals surface area contributed by atoms with Crippen LogP contribution in [0.25, 0.3) is 45.0 Å². The molecule has 0 aliphatic rings. The van der Waals surface area contributed by atoms with Crippen LogP contribution in [0, 0.1) is 62.0 Å². The van der Waals surface area contributed by atoms with Gasteiger partial charge < -0.3 is 0 Å². The van der Waals surface area contributed by atoms with Crippen LogP contribution in [0.4, 0.5) is 0 Å². The van der Waals surface area contributed by atoms with Crippen LogP contribution >= 0.6 is 0 Å². The van der Waals surface area contributed by atoms with Gasteiger partial charge in [0.2, 0.25) is 22.8 Å². The van der Waals surface area contributed by atoms with Crippen molar-refractivity contribution >= 4 is 0 Å². The average molecular weight is 988 g/mol. The predicted molar refractivity (Wildman–Crippen MR) is 306 cm³/mol. The van der Waals surface area contributed by atoms with Gasteiger partial charge in [-0.3, -0.25) is 0 Å². The highest BCUT2D eigenvalue weighted by atomic mass is 14.9. The Hall–Kier alpha value is -6.52. The van der Waals surface area contributed by atoms with Gasteiger partial charge in [-0.15, -0.1) is 0 Å². The van der Waals surface area contributed by atoms with Crippen molar-refractivity contribution in [1.82, 2.24) is 0 Å². The van der Waals surface area contributed by atoms with Crippen molar-refractivity contribution in [3.05, 3.63) is 212 Å². The molecule has 0 fully saturated rings. The van der Waals surface area contributed by atoms with E-state index in [1.165, 1.54) is 27.7 Å². The van der Waals surface area contributed by atoms with Crippen molar-refractivity contribution in [2.24, 2.45) is 28.2 Å². The fourth-order valence-electron chi connectivity index (χ4n) is 8.31. The summed E-state index contributed by atoms with van der Waals surface area (Å²) in [6.07, 6.45) is 5.28.